The molecule has 1 aromatic rings. The Bertz CT molecular complexity index is 479. The summed E-state index contributed by atoms with van der Waals surface area (Å²) in [5.41, 5.74) is 1.30. The van der Waals surface area contributed by atoms with E-state index in [1.165, 1.54) is 12.5 Å². The Balaban J connectivity index is 2.16. The highest BCUT2D eigenvalue weighted by atomic mass is 16.5. The van der Waals surface area contributed by atoms with Crippen molar-refractivity contribution >= 4 is 11.6 Å². The van der Waals surface area contributed by atoms with Crippen LogP contribution in [0.3, 0.4) is 0 Å². The van der Waals surface area contributed by atoms with Crippen LogP contribution in [-0.2, 0) is 14.3 Å². The number of benzene rings is 1. The highest BCUT2D eigenvalue weighted by molar-refractivity contribution is 5.78. The van der Waals surface area contributed by atoms with Gasteiger partial charge in [-0.2, -0.15) is 0 Å². The van der Waals surface area contributed by atoms with E-state index in [9.17, 15) is 9.59 Å². The van der Waals surface area contributed by atoms with E-state index >= 15 is 0 Å². The molecular formula is C19H28O4. The number of rotatable bonds is 12. The monoisotopic (exact) mass is 320 g/mol. The summed E-state index contributed by atoms with van der Waals surface area (Å²) in [4.78, 5) is 22.4. The van der Waals surface area contributed by atoms with Crippen molar-refractivity contribution in [2.75, 3.05) is 19.8 Å². The normalized spacial score (nSPS) is 12.0. The Hall–Kier alpha value is -1.68. The zero-order valence-corrected chi connectivity index (χ0v) is 14.5. The number of ketones is 2. The van der Waals surface area contributed by atoms with Gasteiger partial charge in [0.2, 0.25) is 0 Å². The van der Waals surface area contributed by atoms with Crippen LogP contribution in [0.4, 0.5) is 0 Å². The van der Waals surface area contributed by atoms with Crippen molar-refractivity contribution in [3.8, 4) is 5.75 Å². The fraction of sp³-hybridized carbons (Fsp3) is 0.579. The molecule has 0 amide bonds. The molecule has 1 atom stereocenters. The van der Waals surface area contributed by atoms with Crippen molar-refractivity contribution in [1.82, 2.24) is 0 Å². The second-order valence-corrected chi connectivity index (χ2v) is 5.83. The molecule has 0 heterocycles. The summed E-state index contributed by atoms with van der Waals surface area (Å²) in [7, 11) is 0. The molecule has 0 N–H and O–H groups in total. The van der Waals surface area contributed by atoms with Crippen LogP contribution in [0.1, 0.15) is 57.9 Å². The van der Waals surface area contributed by atoms with Gasteiger partial charge in [0, 0.05) is 19.3 Å². The molecule has 0 fully saturated rings. The molecule has 4 heteroatoms. The van der Waals surface area contributed by atoms with E-state index in [-0.39, 0.29) is 11.6 Å². The van der Waals surface area contributed by atoms with Crippen LogP contribution in [0.2, 0.25) is 0 Å². The minimum Gasteiger partial charge on any atom is -0.493 e. The fourth-order valence-corrected chi connectivity index (χ4v) is 2.04. The summed E-state index contributed by atoms with van der Waals surface area (Å²) < 4.78 is 10.8. The first kappa shape index (κ1) is 19.4. The lowest BCUT2D eigenvalue weighted by atomic mass is 9.99. The highest BCUT2D eigenvalue weighted by Crippen LogP contribution is 2.21. The molecule has 0 aromatic heterocycles. The highest BCUT2D eigenvalue weighted by Gasteiger charge is 2.05. The lowest BCUT2D eigenvalue weighted by molar-refractivity contribution is -0.120. The van der Waals surface area contributed by atoms with Gasteiger partial charge in [0.25, 0.3) is 0 Å². The number of ether oxygens (including phenoxy) is 2. The largest absolute Gasteiger partial charge is 0.493 e. The molecule has 1 rings (SSSR count). The average molecular weight is 320 g/mol. The van der Waals surface area contributed by atoms with Gasteiger partial charge in [-0.1, -0.05) is 26.0 Å². The molecule has 0 saturated heterocycles. The Morgan fingerprint density at radius 1 is 1.00 bits per heavy atom. The maximum atomic E-state index is 11.7. The molecule has 0 radical (unpaired) electrons. The van der Waals surface area contributed by atoms with Gasteiger partial charge < -0.3 is 9.47 Å². The van der Waals surface area contributed by atoms with Crippen LogP contribution in [-0.4, -0.2) is 31.4 Å². The first-order valence-electron chi connectivity index (χ1n) is 8.34. The summed E-state index contributed by atoms with van der Waals surface area (Å²) in [6.45, 7) is 7.05. The molecule has 0 aliphatic rings. The lowest BCUT2D eigenvalue weighted by Gasteiger charge is -2.10. The molecule has 0 aliphatic heterocycles. The van der Waals surface area contributed by atoms with Crippen LogP contribution in [0.25, 0.3) is 0 Å². The van der Waals surface area contributed by atoms with Gasteiger partial charge in [0.1, 0.15) is 17.3 Å². The Kier molecular flexibility index (Phi) is 9.22. The first-order valence-corrected chi connectivity index (χ1v) is 8.34. The van der Waals surface area contributed by atoms with Crippen LogP contribution < -0.4 is 4.74 Å². The molecule has 1 aromatic carbocycles. The number of carbonyl (C=O) groups excluding carboxylic acids is 2. The molecule has 1 unspecified atom stereocenters. The van der Waals surface area contributed by atoms with Gasteiger partial charge in [-0.3, -0.25) is 9.59 Å². The summed E-state index contributed by atoms with van der Waals surface area (Å²) >= 11 is 0. The van der Waals surface area contributed by atoms with E-state index in [1.807, 2.05) is 12.1 Å². The van der Waals surface area contributed by atoms with Crippen molar-refractivity contribution in [3.63, 3.8) is 0 Å². The summed E-state index contributed by atoms with van der Waals surface area (Å²) in [6, 6.07) is 8.07. The van der Waals surface area contributed by atoms with E-state index in [0.717, 1.165) is 12.2 Å². The Morgan fingerprint density at radius 3 is 2.22 bits per heavy atom. The maximum Gasteiger partial charge on any atom is 0.138 e. The zero-order chi connectivity index (χ0) is 17.1. The zero-order valence-electron chi connectivity index (χ0n) is 14.5. The van der Waals surface area contributed by atoms with Gasteiger partial charge >= 0.3 is 0 Å². The quantitative estimate of drug-likeness (QED) is 0.548. The Labute approximate surface area is 139 Å². The van der Waals surface area contributed by atoms with E-state index in [4.69, 9.17) is 9.47 Å². The summed E-state index contributed by atoms with van der Waals surface area (Å²) in [5.74, 6) is 1.56. The van der Waals surface area contributed by atoms with Gasteiger partial charge in [0.05, 0.1) is 19.8 Å². The minimum atomic E-state index is 0.101. The van der Waals surface area contributed by atoms with Crippen LogP contribution in [0.5, 0.6) is 5.75 Å². The predicted molar refractivity (Wildman–Crippen MR) is 91.0 cm³/mol. The van der Waals surface area contributed by atoms with Crippen molar-refractivity contribution in [2.24, 2.45) is 0 Å². The molecule has 0 bridgehead atoms. The topological polar surface area (TPSA) is 52.6 Å². The molecule has 0 spiro atoms. The molecule has 0 saturated carbocycles. The third-order valence-corrected chi connectivity index (χ3v) is 3.83. The van der Waals surface area contributed by atoms with Gasteiger partial charge in [-0.05, 0) is 37.0 Å². The van der Waals surface area contributed by atoms with Gasteiger partial charge in [-0.15, -0.1) is 0 Å². The number of hydrogen-bond donors (Lipinski definition) is 0. The summed E-state index contributed by atoms with van der Waals surface area (Å²) in [5, 5.41) is 0. The average Bonchev–Trinajstić information content (AvgIpc) is 2.54. The lowest BCUT2D eigenvalue weighted by Crippen LogP contribution is -2.10. The maximum absolute atomic E-state index is 11.7. The standard InChI is InChI=1S/C19H28O4/c1-4-15(2)17-5-7-19(8-6-17)23-14-11-18(21)10-13-22-12-9-16(3)20/h5-8,15H,4,9-14H2,1-3H3. The smallest absolute Gasteiger partial charge is 0.138 e. The SMILES string of the molecule is CCC(C)c1ccc(OCCC(=O)CCOCCC(C)=O)cc1. The second kappa shape index (κ2) is 10.9. The minimum absolute atomic E-state index is 0.101. The van der Waals surface area contributed by atoms with E-state index < -0.39 is 0 Å². The van der Waals surface area contributed by atoms with Crippen LogP contribution in [0.15, 0.2) is 24.3 Å². The fourth-order valence-electron chi connectivity index (χ4n) is 2.04. The predicted octanol–water partition coefficient (Wildman–Crippen LogP) is 3.92. The van der Waals surface area contributed by atoms with Crippen molar-refractivity contribution < 1.29 is 19.1 Å². The summed E-state index contributed by atoms with van der Waals surface area (Å²) in [6.07, 6.45) is 2.27. The van der Waals surface area contributed by atoms with Gasteiger partial charge in [-0.25, -0.2) is 0 Å². The number of Topliss-reactive ketones (excluding diaryl/α,β-unsaturated/α-hetero) is 2. The van der Waals surface area contributed by atoms with Crippen molar-refractivity contribution in [2.45, 2.75) is 52.4 Å². The van der Waals surface area contributed by atoms with E-state index in [1.54, 1.807) is 0 Å². The third kappa shape index (κ3) is 8.50. The first-order chi connectivity index (χ1) is 11.0. The molecule has 23 heavy (non-hydrogen) atoms. The molecule has 0 aliphatic carbocycles. The number of carbonyl (C=O) groups is 2. The van der Waals surface area contributed by atoms with E-state index in [0.29, 0.717) is 45.0 Å². The Morgan fingerprint density at radius 2 is 1.61 bits per heavy atom. The second-order valence-electron chi connectivity index (χ2n) is 5.83. The third-order valence-electron chi connectivity index (χ3n) is 3.83. The molecule has 128 valence electrons. The molecule has 4 nitrogen and oxygen atoms in total. The molecular weight excluding hydrogens is 292 g/mol. The van der Waals surface area contributed by atoms with E-state index in [2.05, 4.69) is 26.0 Å². The van der Waals surface area contributed by atoms with Crippen LogP contribution >= 0.6 is 0 Å². The van der Waals surface area contributed by atoms with Gasteiger partial charge in [0.15, 0.2) is 0 Å². The van der Waals surface area contributed by atoms with Crippen molar-refractivity contribution in [1.29, 1.82) is 0 Å². The van der Waals surface area contributed by atoms with Crippen LogP contribution in [0, 0.1) is 0 Å². The van der Waals surface area contributed by atoms with Crippen molar-refractivity contribution in [3.05, 3.63) is 29.8 Å². The number of hydrogen-bond acceptors (Lipinski definition) is 4.